The van der Waals surface area contributed by atoms with Crippen LogP contribution in [0.5, 0.6) is 0 Å². The lowest BCUT2D eigenvalue weighted by atomic mass is 9.87. The minimum Gasteiger partial charge on any atom is -0.354 e. The van der Waals surface area contributed by atoms with Crippen LogP contribution in [0.4, 0.5) is 11.4 Å². The van der Waals surface area contributed by atoms with Crippen LogP contribution >= 0.6 is 23.2 Å². The van der Waals surface area contributed by atoms with Crippen LogP contribution in [0.3, 0.4) is 0 Å². The van der Waals surface area contributed by atoms with Crippen molar-refractivity contribution in [2.45, 2.75) is 106 Å². The number of hydrogen-bond donors (Lipinski definition) is 1. The van der Waals surface area contributed by atoms with Crippen LogP contribution in [0.1, 0.15) is 121 Å². The minimum absolute atomic E-state index is 0.00367. The molecule has 6 nitrogen and oxygen atoms in total. The molecule has 1 heterocycles. The van der Waals surface area contributed by atoms with E-state index in [1.807, 2.05) is 72.8 Å². The zero-order chi connectivity index (χ0) is 47.2. The highest BCUT2D eigenvalue weighted by molar-refractivity contribution is 6.31. The Morgan fingerprint density at radius 1 is 0.682 bits per heavy atom. The largest absolute Gasteiger partial charge is 0.354 e. The Morgan fingerprint density at radius 2 is 1.24 bits per heavy atom. The van der Waals surface area contributed by atoms with Crippen molar-refractivity contribution in [3.63, 3.8) is 0 Å². The molecule has 0 saturated carbocycles. The molecule has 8 heteroatoms. The van der Waals surface area contributed by atoms with Gasteiger partial charge in [-0.2, -0.15) is 0 Å². The van der Waals surface area contributed by atoms with Gasteiger partial charge in [-0.05, 0) is 179 Å². The van der Waals surface area contributed by atoms with Gasteiger partial charge in [0, 0.05) is 44.2 Å². The molecule has 2 aliphatic carbocycles. The standard InChI is InChI=1S/C31H40O2.C27H22Cl2N4/c1-23(2)12-8-13-24(3)14-9-15-25(4)16-10-17-26(5)18-11-19-27-22-30(32)28-20-6-7-21-29(28)31(27)33;1-17(2)30-24-16-27-25(15-23(24)31-20-11-7-18(28)8-12-20)32-22-5-3-4-6-26(22)33(27)21-13-9-19(29)10-14-21/h6-7,12,14,16,18,20-22H,8-11,13,15,17,19H2,1-5H3;3-17,31H,1-2H3/b24-14+,25-16+,26-18+;. The third-order valence-corrected chi connectivity index (χ3v) is 11.9. The van der Waals surface area contributed by atoms with E-state index in [1.165, 1.54) is 28.4 Å². The van der Waals surface area contributed by atoms with E-state index in [0.29, 0.717) is 33.2 Å². The summed E-state index contributed by atoms with van der Waals surface area (Å²) in [4.78, 5) is 34.8. The number of ketones is 2. The molecule has 4 aromatic rings. The Bertz CT molecular complexity index is 2850. The summed E-state index contributed by atoms with van der Waals surface area (Å²) in [7, 11) is 0. The van der Waals surface area contributed by atoms with Crippen molar-refractivity contribution in [3.8, 4) is 17.1 Å². The van der Waals surface area contributed by atoms with Gasteiger partial charge in [0.15, 0.2) is 11.6 Å². The average molecular weight is 918 g/mol. The fourth-order valence-corrected chi connectivity index (χ4v) is 8.15. The molecule has 0 spiro atoms. The lowest BCUT2D eigenvalue weighted by Crippen LogP contribution is -2.16. The van der Waals surface area contributed by atoms with Crippen LogP contribution in [-0.2, 0) is 0 Å². The quantitative estimate of drug-likeness (QED) is 0.0775. The second-order valence-corrected chi connectivity index (χ2v) is 18.5. The first-order valence-corrected chi connectivity index (χ1v) is 23.8. The topological polar surface area (TPSA) is 76.3 Å². The molecule has 1 aliphatic heterocycles. The van der Waals surface area contributed by atoms with Crippen molar-refractivity contribution >= 4 is 57.2 Å². The number of carbonyl (C=O) groups excluding carboxylic acids is 2. The van der Waals surface area contributed by atoms with Gasteiger partial charge in [-0.3, -0.25) is 14.6 Å². The van der Waals surface area contributed by atoms with E-state index in [0.717, 1.165) is 89.8 Å². The monoisotopic (exact) mass is 916 g/mol. The molecule has 4 aromatic carbocycles. The van der Waals surface area contributed by atoms with E-state index < -0.39 is 0 Å². The molecule has 0 radical (unpaired) electrons. The Hall–Kier alpha value is -6.08. The summed E-state index contributed by atoms with van der Waals surface area (Å²) < 4.78 is 2.21. The average Bonchev–Trinajstić information content (AvgIpc) is 3.28. The summed E-state index contributed by atoms with van der Waals surface area (Å²) in [6.45, 7) is 15.1. The van der Waals surface area contributed by atoms with Crippen molar-refractivity contribution in [3.05, 3.63) is 194 Å². The lowest BCUT2D eigenvalue weighted by molar-refractivity contribution is 0.0981. The fraction of sp³-hybridized carbons (Fsp3) is 0.276. The van der Waals surface area contributed by atoms with E-state index >= 15 is 0 Å². The number of anilines is 2. The molecule has 0 unspecified atom stereocenters. The SMILES string of the molecule is CC(C)=CCC/C(C)=C/CC/C(C)=C/CC/C(C)=C/CCC1=CC(=O)c2ccccc2C1=O.CC(C)N=c1cc2n(-c3ccc(Cl)cc3)c3ccccc3nc-2cc1Nc1ccc(Cl)cc1. The van der Waals surface area contributed by atoms with Crippen LogP contribution in [0.15, 0.2) is 172 Å². The number of aromatic nitrogens is 2. The number of halogens is 2. The number of nitrogens with zero attached hydrogens (tertiary/aromatic N) is 3. The highest BCUT2D eigenvalue weighted by Crippen LogP contribution is 2.31. The third kappa shape index (κ3) is 14.0. The molecule has 0 saturated heterocycles. The van der Waals surface area contributed by atoms with E-state index in [2.05, 4.69) is 101 Å². The van der Waals surface area contributed by atoms with Gasteiger partial charge < -0.3 is 9.88 Å². The first kappa shape index (κ1) is 49.4. The molecule has 0 bridgehead atoms. The number of allylic oxidation sites excluding steroid dienone is 10. The van der Waals surface area contributed by atoms with Crippen LogP contribution in [0.25, 0.3) is 28.1 Å². The van der Waals surface area contributed by atoms with E-state index in [1.54, 1.807) is 18.2 Å². The van der Waals surface area contributed by atoms with Gasteiger partial charge in [-0.15, -0.1) is 0 Å². The lowest BCUT2D eigenvalue weighted by Gasteiger charge is -2.20. The number of Topliss-reactive ketones (excluding diaryl/α,β-unsaturated/α-hetero) is 1. The van der Waals surface area contributed by atoms with E-state index in [4.69, 9.17) is 33.2 Å². The summed E-state index contributed by atoms with van der Waals surface area (Å²) in [5.74, 6) is -0.0597. The van der Waals surface area contributed by atoms with Crippen LogP contribution in [0.2, 0.25) is 10.0 Å². The zero-order valence-corrected chi connectivity index (χ0v) is 40.9. The van der Waals surface area contributed by atoms with Crippen molar-refractivity contribution in [2.24, 2.45) is 4.99 Å². The van der Waals surface area contributed by atoms with E-state index in [9.17, 15) is 9.59 Å². The van der Waals surface area contributed by atoms with Crippen LogP contribution in [-0.4, -0.2) is 27.2 Å². The van der Waals surface area contributed by atoms with Crippen molar-refractivity contribution in [2.75, 3.05) is 5.32 Å². The van der Waals surface area contributed by atoms with Gasteiger partial charge in [-0.1, -0.05) is 106 Å². The maximum atomic E-state index is 12.6. The van der Waals surface area contributed by atoms with Crippen LogP contribution in [0, 0.1) is 0 Å². The van der Waals surface area contributed by atoms with Gasteiger partial charge in [0.05, 0.1) is 33.5 Å². The molecular weight excluding hydrogens is 856 g/mol. The summed E-state index contributed by atoms with van der Waals surface area (Å²) in [6.07, 6.45) is 18.8. The molecule has 0 amide bonds. The number of nitrogens with one attached hydrogen (secondary N) is 1. The highest BCUT2D eigenvalue weighted by Gasteiger charge is 2.24. The second kappa shape index (κ2) is 23.9. The molecule has 1 N–H and O–H groups in total. The van der Waals surface area contributed by atoms with Gasteiger partial charge in [0.2, 0.25) is 0 Å². The molecule has 3 aliphatic rings. The van der Waals surface area contributed by atoms with Crippen molar-refractivity contribution < 1.29 is 9.59 Å². The predicted molar refractivity (Wildman–Crippen MR) is 279 cm³/mol. The van der Waals surface area contributed by atoms with Crippen LogP contribution < -0.4 is 10.7 Å². The molecule has 0 aromatic heterocycles. The Morgan fingerprint density at radius 3 is 1.86 bits per heavy atom. The van der Waals surface area contributed by atoms with Gasteiger partial charge in [0.1, 0.15) is 0 Å². The minimum atomic E-state index is -0.0561. The maximum Gasteiger partial charge on any atom is 0.189 e. The summed E-state index contributed by atoms with van der Waals surface area (Å²) in [5.41, 5.74) is 14.0. The van der Waals surface area contributed by atoms with Gasteiger partial charge in [0.25, 0.3) is 0 Å². The summed E-state index contributed by atoms with van der Waals surface area (Å²) >= 11 is 12.2. The van der Waals surface area contributed by atoms with Gasteiger partial charge in [-0.25, -0.2) is 4.98 Å². The van der Waals surface area contributed by atoms with E-state index in [-0.39, 0.29) is 17.6 Å². The Kier molecular flexibility index (Phi) is 17.9. The number of fused-ring (bicyclic) bond motifs is 3. The normalized spacial score (nSPS) is 13.5. The molecule has 7 rings (SSSR count). The molecule has 340 valence electrons. The molecule has 66 heavy (non-hydrogen) atoms. The fourth-order valence-electron chi connectivity index (χ4n) is 7.90. The molecule has 0 atom stereocenters. The smallest absolute Gasteiger partial charge is 0.189 e. The first-order chi connectivity index (χ1) is 31.7. The number of para-hydroxylation sites is 2. The maximum absolute atomic E-state index is 12.6. The third-order valence-electron chi connectivity index (χ3n) is 11.4. The Labute approximate surface area is 401 Å². The highest BCUT2D eigenvalue weighted by atomic mass is 35.5. The van der Waals surface area contributed by atoms with Crippen molar-refractivity contribution in [1.29, 1.82) is 0 Å². The first-order valence-electron chi connectivity index (χ1n) is 23.0. The van der Waals surface area contributed by atoms with Gasteiger partial charge >= 0.3 is 0 Å². The predicted octanol–water partition coefficient (Wildman–Crippen LogP) is 16.4. The summed E-state index contributed by atoms with van der Waals surface area (Å²) in [6, 6.07) is 35.0. The second-order valence-electron chi connectivity index (χ2n) is 17.6. The number of hydrogen-bond acceptors (Lipinski definition) is 5. The number of benzene rings is 5. The Balaban J connectivity index is 0.000000218. The summed E-state index contributed by atoms with van der Waals surface area (Å²) in [5, 5.41) is 5.76. The molecular formula is C58H62Cl2N4O2. The van der Waals surface area contributed by atoms with Crippen molar-refractivity contribution in [1.82, 2.24) is 9.55 Å². The number of rotatable bonds is 16. The zero-order valence-electron chi connectivity index (χ0n) is 39.4. The molecule has 0 fully saturated rings. The number of carbonyl (C=O) groups is 2.